The average Bonchev–Trinajstić information content (AvgIpc) is 2.64. The minimum atomic E-state index is -0.0347. The van der Waals surface area contributed by atoms with E-state index in [4.69, 9.17) is 14.7 Å². The lowest BCUT2D eigenvalue weighted by molar-refractivity contribution is 0.0932. The molecule has 2 aromatic rings. The first-order valence-electron chi connectivity index (χ1n) is 8.66. The molecule has 2 aromatic carbocycles. The van der Waals surface area contributed by atoms with E-state index < -0.39 is 0 Å². The van der Waals surface area contributed by atoms with Crippen molar-refractivity contribution in [3.63, 3.8) is 0 Å². The van der Waals surface area contributed by atoms with Gasteiger partial charge in [-0.15, -0.1) is 0 Å². The molecule has 0 unspecified atom stereocenters. The van der Waals surface area contributed by atoms with Gasteiger partial charge in [-0.05, 0) is 61.6 Å². The van der Waals surface area contributed by atoms with E-state index in [0.29, 0.717) is 29.9 Å². The summed E-state index contributed by atoms with van der Waals surface area (Å²) in [6.45, 7) is 2.37. The van der Waals surface area contributed by atoms with Crippen LogP contribution in [-0.4, -0.2) is 12.4 Å². The molecule has 0 bridgehead atoms. The monoisotopic (exact) mass is 333 g/mol. The van der Waals surface area contributed by atoms with Crippen LogP contribution in [0.5, 0.6) is 11.5 Å². The van der Waals surface area contributed by atoms with Crippen LogP contribution in [0.3, 0.4) is 0 Å². The lowest BCUT2D eigenvalue weighted by Gasteiger charge is -2.28. The van der Waals surface area contributed by atoms with E-state index >= 15 is 0 Å². The van der Waals surface area contributed by atoms with Crippen molar-refractivity contribution in [1.29, 1.82) is 5.26 Å². The van der Waals surface area contributed by atoms with Gasteiger partial charge in [0.2, 0.25) is 0 Å². The quantitative estimate of drug-likeness (QED) is 0.822. The molecule has 0 saturated carbocycles. The van der Waals surface area contributed by atoms with Gasteiger partial charge in [-0.3, -0.25) is 4.79 Å². The molecule has 0 radical (unpaired) electrons. The summed E-state index contributed by atoms with van der Waals surface area (Å²) in [4.78, 5) is 12.0. The molecule has 1 atom stereocenters. The molecule has 126 valence electrons. The standard InChI is InChI=1S/C21H19NO3/c1-13-19(8-7-17-18(23)9-10-24-21(13)17)25-20-4-2-3-15-11-14(12-22)5-6-16(15)20/h5-8,11,20H,2-4,9-10H2,1H3/t20-/m1/s1. The van der Waals surface area contributed by atoms with Crippen LogP contribution in [-0.2, 0) is 6.42 Å². The fourth-order valence-corrected chi connectivity index (χ4v) is 3.70. The number of nitriles is 1. The maximum absolute atomic E-state index is 12.0. The maximum Gasteiger partial charge on any atom is 0.170 e. The Balaban J connectivity index is 1.66. The average molecular weight is 333 g/mol. The largest absolute Gasteiger partial charge is 0.492 e. The molecule has 0 fully saturated rings. The molecule has 2 aliphatic rings. The van der Waals surface area contributed by atoms with Gasteiger partial charge < -0.3 is 9.47 Å². The van der Waals surface area contributed by atoms with Crippen LogP contribution >= 0.6 is 0 Å². The molecule has 4 heteroatoms. The number of Topliss-reactive ketones (excluding diaryl/α,β-unsaturated/α-hetero) is 1. The van der Waals surface area contributed by atoms with Gasteiger partial charge in [0.15, 0.2) is 5.78 Å². The zero-order valence-electron chi connectivity index (χ0n) is 14.2. The predicted octanol–water partition coefficient (Wildman–Crippen LogP) is 4.29. The number of hydrogen-bond acceptors (Lipinski definition) is 4. The highest BCUT2D eigenvalue weighted by Gasteiger charge is 2.26. The van der Waals surface area contributed by atoms with Crippen LogP contribution in [0.1, 0.15) is 58.0 Å². The Labute approximate surface area is 147 Å². The molecule has 0 spiro atoms. The molecule has 0 aromatic heterocycles. The molecular weight excluding hydrogens is 314 g/mol. The number of rotatable bonds is 2. The van der Waals surface area contributed by atoms with Crippen LogP contribution in [0.25, 0.3) is 0 Å². The molecule has 0 N–H and O–H groups in total. The Morgan fingerprint density at radius 2 is 2.12 bits per heavy atom. The van der Waals surface area contributed by atoms with Crippen LogP contribution in [0.15, 0.2) is 30.3 Å². The summed E-state index contributed by atoms with van der Waals surface area (Å²) in [6.07, 6.45) is 3.35. The zero-order valence-corrected chi connectivity index (χ0v) is 14.2. The first kappa shape index (κ1) is 15.7. The Morgan fingerprint density at radius 3 is 2.96 bits per heavy atom. The van der Waals surface area contributed by atoms with E-state index in [1.165, 1.54) is 5.56 Å². The van der Waals surface area contributed by atoms with Gasteiger partial charge in [0.25, 0.3) is 0 Å². The highest BCUT2D eigenvalue weighted by atomic mass is 16.5. The van der Waals surface area contributed by atoms with Crippen LogP contribution in [0, 0.1) is 18.3 Å². The Hall–Kier alpha value is -2.80. The van der Waals surface area contributed by atoms with Crippen molar-refractivity contribution in [3.05, 3.63) is 58.1 Å². The third-order valence-corrected chi connectivity index (χ3v) is 5.03. The topological polar surface area (TPSA) is 59.3 Å². The minimum absolute atomic E-state index is 0.0347. The summed E-state index contributed by atoms with van der Waals surface area (Å²) in [6, 6.07) is 11.7. The first-order valence-corrected chi connectivity index (χ1v) is 8.66. The molecule has 4 rings (SSSR count). The molecule has 1 aliphatic heterocycles. The van der Waals surface area contributed by atoms with E-state index in [0.717, 1.165) is 36.1 Å². The number of ketones is 1. The van der Waals surface area contributed by atoms with E-state index in [-0.39, 0.29) is 11.9 Å². The Bertz CT molecular complexity index is 895. The van der Waals surface area contributed by atoms with Gasteiger partial charge in [0, 0.05) is 12.0 Å². The highest BCUT2D eigenvalue weighted by molar-refractivity contribution is 6.00. The number of ether oxygens (including phenoxy) is 2. The minimum Gasteiger partial charge on any atom is -0.492 e. The fourth-order valence-electron chi connectivity index (χ4n) is 3.70. The van der Waals surface area contributed by atoms with Crippen molar-refractivity contribution >= 4 is 5.78 Å². The third kappa shape index (κ3) is 2.76. The van der Waals surface area contributed by atoms with Crippen molar-refractivity contribution < 1.29 is 14.3 Å². The molecule has 0 amide bonds. The fraction of sp³-hybridized carbons (Fsp3) is 0.333. The number of carbonyl (C=O) groups excluding carboxylic acids is 1. The summed E-state index contributed by atoms with van der Waals surface area (Å²) in [5.41, 5.74) is 4.57. The van der Waals surface area contributed by atoms with Crippen LogP contribution < -0.4 is 9.47 Å². The number of aryl methyl sites for hydroxylation is 1. The highest BCUT2D eigenvalue weighted by Crippen LogP contribution is 2.39. The number of carbonyl (C=O) groups is 1. The second kappa shape index (κ2) is 6.25. The van der Waals surface area contributed by atoms with Crippen molar-refractivity contribution in [2.45, 2.75) is 38.7 Å². The van der Waals surface area contributed by atoms with E-state index in [1.54, 1.807) is 0 Å². The summed E-state index contributed by atoms with van der Waals surface area (Å²) in [5, 5.41) is 9.09. The number of fused-ring (bicyclic) bond motifs is 2. The van der Waals surface area contributed by atoms with Gasteiger partial charge in [0.05, 0.1) is 23.8 Å². The summed E-state index contributed by atoms with van der Waals surface area (Å²) in [7, 11) is 0. The SMILES string of the molecule is Cc1c(O[C@@H]2CCCc3cc(C#N)ccc32)ccc2c1OCCC2=O. The molecule has 1 heterocycles. The third-order valence-electron chi connectivity index (χ3n) is 5.03. The van der Waals surface area contributed by atoms with E-state index in [9.17, 15) is 4.79 Å². The van der Waals surface area contributed by atoms with Crippen molar-refractivity contribution in [2.24, 2.45) is 0 Å². The number of nitrogens with zero attached hydrogens (tertiary/aromatic N) is 1. The van der Waals surface area contributed by atoms with Gasteiger partial charge in [0.1, 0.15) is 17.6 Å². The van der Waals surface area contributed by atoms with Gasteiger partial charge >= 0.3 is 0 Å². The smallest absolute Gasteiger partial charge is 0.170 e. The summed E-state index contributed by atoms with van der Waals surface area (Å²) < 4.78 is 12.0. The maximum atomic E-state index is 12.0. The molecular formula is C21H19NO3. The van der Waals surface area contributed by atoms with Gasteiger partial charge in [-0.2, -0.15) is 5.26 Å². The molecule has 25 heavy (non-hydrogen) atoms. The van der Waals surface area contributed by atoms with Crippen molar-refractivity contribution in [2.75, 3.05) is 6.61 Å². The van der Waals surface area contributed by atoms with Gasteiger partial charge in [-0.25, -0.2) is 0 Å². The zero-order chi connectivity index (χ0) is 17.4. The lowest BCUT2D eigenvalue weighted by Crippen LogP contribution is -2.18. The summed E-state index contributed by atoms with van der Waals surface area (Å²) in [5.74, 6) is 1.54. The second-order valence-electron chi connectivity index (χ2n) is 6.61. The van der Waals surface area contributed by atoms with Crippen LogP contribution in [0.2, 0.25) is 0 Å². The predicted molar refractivity (Wildman–Crippen MR) is 93.1 cm³/mol. The van der Waals surface area contributed by atoms with Crippen molar-refractivity contribution in [3.8, 4) is 17.6 Å². The number of hydrogen-bond donors (Lipinski definition) is 0. The molecule has 1 aliphatic carbocycles. The van der Waals surface area contributed by atoms with E-state index in [1.807, 2.05) is 37.3 Å². The van der Waals surface area contributed by atoms with Crippen molar-refractivity contribution in [1.82, 2.24) is 0 Å². The normalized spacial score (nSPS) is 18.6. The second-order valence-corrected chi connectivity index (χ2v) is 6.61. The Kier molecular flexibility index (Phi) is 3.93. The Morgan fingerprint density at radius 1 is 1.24 bits per heavy atom. The molecule has 0 saturated heterocycles. The number of benzene rings is 2. The lowest BCUT2D eigenvalue weighted by atomic mass is 9.88. The van der Waals surface area contributed by atoms with E-state index in [2.05, 4.69) is 6.07 Å². The first-order chi connectivity index (χ1) is 12.2. The van der Waals surface area contributed by atoms with Gasteiger partial charge in [-0.1, -0.05) is 6.07 Å². The molecule has 4 nitrogen and oxygen atoms in total. The van der Waals surface area contributed by atoms with Crippen LogP contribution in [0.4, 0.5) is 0 Å². The summed E-state index contributed by atoms with van der Waals surface area (Å²) >= 11 is 0.